The maximum absolute atomic E-state index is 13.3. The van der Waals surface area contributed by atoms with Gasteiger partial charge in [0, 0.05) is 19.2 Å². The summed E-state index contributed by atoms with van der Waals surface area (Å²) in [5.74, 6) is -0.197. The Bertz CT molecular complexity index is 1060. The average Bonchev–Trinajstić information content (AvgIpc) is 3.06. The quantitative estimate of drug-likeness (QED) is 0.245. The van der Waals surface area contributed by atoms with E-state index in [-0.39, 0.29) is 5.41 Å². The number of hydroxylamine groups is 1. The summed E-state index contributed by atoms with van der Waals surface area (Å²) in [4.78, 5) is 18.2. The van der Waals surface area contributed by atoms with Crippen LogP contribution in [-0.2, 0) is 22.1 Å². The molecule has 174 valence electrons. The van der Waals surface area contributed by atoms with Gasteiger partial charge in [0.25, 0.3) is 5.91 Å². The van der Waals surface area contributed by atoms with E-state index in [0.29, 0.717) is 17.5 Å². The molecule has 0 aliphatic rings. The minimum Gasteiger partial charge on any atom is -0.316 e. The van der Waals surface area contributed by atoms with E-state index in [4.69, 9.17) is 10.2 Å². The van der Waals surface area contributed by atoms with Crippen LogP contribution in [0.1, 0.15) is 33.3 Å². The van der Waals surface area contributed by atoms with E-state index >= 15 is 0 Å². The molecule has 0 aliphatic heterocycles. The third-order valence-corrected chi connectivity index (χ3v) is 6.18. The van der Waals surface area contributed by atoms with Gasteiger partial charge in [-0.25, -0.2) is 10.5 Å². The van der Waals surface area contributed by atoms with Gasteiger partial charge in [0.1, 0.15) is 0 Å². The highest BCUT2D eigenvalue weighted by Crippen LogP contribution is 2.27. The van der Waals surface area contributed by atoms with Crippen molar-refractivity contribution in [1.29, 1.82) is 0 Å². The first-order chi connectivity index (χ1) is 15.1. The predicted octanol–water partition coefficient (Wildman–Crippen LogP) is 3.77. The second-order valence-electron chi connectivity index (χ2n) is 8.97. The molecule has 32 heavy (non-hydrogen) atoms. The van der Waals surface area contributed by atoms with Crippen LogP contribution in [0.5, 0.6) is 0 Å². The minimum absolute atomic E-state index is 0.0658. The van der Waals surface area contributed by atoms with Gasteiger partial charge in [-0.2, -0.15) is 0 Å². The molecule has 0 saturated heterocycles. The molecule has 2 N–H and O–H groups in total. The molecule has 0 radical (unpaired) electrons. The summed E-state index contributed by atoms with van der Waals surface area (Å²) < 4.78 is 15.4. The summed E-state index contributed by atoms with van der Waals surface area (Å²) in [7, 11) is 2.78. The number of rotatable bonds is 10. The molecule has 1 amide bonds. The highest BCUT2D eigenvalue weighted by molar-refractivity contribution is 7.85. The molecule has 8 heteroatoms. The molecule has 1 aromatic heterocycles. The number of hydrogen-bond donors (Lipinski definition) is 2. The molecular formula is C24H34N4O3S. The van der Waals surface area contributed by atoms with Crippen molar-refractivity contribution in [3.05, 3.63) is 53.6 Å². The first kappa shape index (κ1) is 25.7. The van der Waals surface area contributed by atoms with E-state index in [1.54, 1.807) is 11.6 Å². The van der Waals surface area contributed by atoms with Crippen molar-refractivity contribution >= 4 is 33.8 Å². The Labute approximate surface area is 192 Å². The summed E-state index contributed by atoms with van der Waals surface area (Å²) >= 11 is 0. The molecule has 0 bridgehead atoms. The molecule has 1 atom stereocenters. The maximum Gasteiger partial charge on any atom is 0.267 e. The van der Waals surface area contributed by atoms with Crippen molar-refractivity contribution in [3.63, 3.8) is 0 Å². The number of benzene rings is 1. The number of amides is 1. The Balaban J connectivity index is 2.52. The SMILES string of the molecule is C/C=C\C=C(/C)CS(=O)c1nc2cc(/C=C/C(=O)NO)ccc2n1CC(C)(C)CN(C)C. The zero-order valence-electron chi connectivity index (χ0n) is 19.8. The standard InChI is InChI=1S/C24H34N4O3S/c1-7-8-9-18(2)15-32(31)23-25-20-14-19(11-13-22(29)26-30)10-12-21(20)28(23)17-24(3,4)16-27(5)6/h7-14,30H,15-17H2,1-6H3,(H,26,29)/b8-7-,13-11+,18-9+. The number of imidazole rings is 1. The highest BCUT2D eigenvalue weighted by Gasteiger charge is 2.25. The smallest absolute Gasteiger partial charge is 0.267 e. The zero-order chi connectivity index (χ0) is 23.9. The second-order valence-corrected chi connectivity index (χ2v) is 10.3. The van der Waals surface area contributed by atoms with Gasteiger partial charge in [-0.15, -0.1) is 0 Å². The molecule has 0 spiro atoms. The van der Waals surface area contributed by atoms with Crippen molar-refractivity contribution in [2.45, 2.75) is 39.4 Å². The van der Waals surface area contributed by atoms with Crippen molar-refractivity contribution in [1.82, 2.24) is 19.9 Å². The average molecular weight is 459 g/mol. The largest absolute Gasteiger partial charge is 0.316 e. The topological polar surface area (TPSA) is 87.5 Å². The molecule has 2 rings (SSSR count). The summed E-state index contributed by atoms with van der Waals surface area (Å²) in [5.41, 5.74) is 4.91. The molecule has 1 aromatic carbocycles. The Morgan fingerprint density at radius 1 is 1.34 bits per heavy atom. The minimum atomic E-state index is -1.31. The van der Waals surface area contributed by atoms with Gasteiger partial charge < -0.3 is 9.47 Å². The Kier molecular flexibility index (Phi) is 9.12. The molecular weight excluding hydrogens is 424 g/mol. The number of allylic oxidation sites excluding steroid dienone is 3. The van der Waals surface area contributed by atoms with E-state index in [9.17, 15) is 9.00 Å². The molecule has 1 unspecified atom stereocenters. The number of hydrogen-bond acceptors (Lipinski definition) is 5. The molecule has 2 aromatic rings. The fraction of sp³-hybridized carbons (Fsp3) is 0.417. The van der Waals surface area contributed by atoms with E-state index in [1.807, 2.05) is 64.4 Å². The van der Waals surface area contributed by atoms with Crippen LogP contribution in [-0.4, -0.2) is 56.2 Å². The van der Waals surface area contributed by atoms with Crippen LogP contribution in [0.4, 0.5) is 0 Å². The van der Waals surface area contributed by atoms with Gasteiger partial charge in [-0.3, -0.25) is 14.2 Å². The third kappa shape index (κ3) is 7.25. The maximum atomic E-state index is 13.3. The molecule has 0 fully saturated rings. The van der Waals surface area contributed by atoms with E-state index < -0.39 is 16.7 Å². The summed E-state index contributed by atoms with van der Waals surface area (Å²) in [6, 6.07) is 5.67. The number of fused-ring (bicyclic) bond motifs is 1. The van der Waals surface area contributed by atoms with Gasteiger partial charge in [0.15, 0.2) is 5.16 Å². The van der Waals surface area contributed by atoms with Crippen LogP contribution >= 0.6 is 0 Å². The fourth-order valence-electron chi connectivity index (χ4n) is 3.68. The molecule has 7 nitrogen and oxygen atoms in total. The molecule has 0 saturated carbocycles. The van der Waals surface area contributed by atoms with E-state index in [1.165, 1.54) is 6.08 Å². The van der Waals surface area contributed by atoms with Crippen LogP contribution in [0.2, 0.25) is 0 Å². The first-order valence-electron chi connectivity index (χ1n) is 10.5. The lowest BCUT2D eigenvalue weighted by molar-refractivity contribution is -0.124. The number of aromatic nitrogens is 2. The van der Waals surface area contributed by atoms with Crippen molar-refractivity contribution in [2.24, 2.45) is 5.41 Å². The number of nitrogens with zero attached hydrogens (tertiary/aromatic N) is 3. The lowest BCUT2D eigenvalue weighted by atomic mass is 9.93. The molecule has 0 aliphatic carbocycles. The Morgan fingerprint density at radius 3 is 2.69 bits per heavy atom. The van der Waals surface area contributed by atoms with Crippen LogP contribution in [0, 0.1) is 5.41 Å². The Morgan fingerprint density at radius 2 is 2.06 bits per heavy atom. The number of nitrogens with one attached hydrogen (secondary N) is 1. The number of carbonyl (C=O) groups excluding carboxylic acids is 1. The van der Waals surface area contributed by atoms with Crippen LogP contribution in [0.3, 0.4) is 0 Å². The van der Waals surface area contributed by atoms with Crippen LogP contribution in [0.25, 0.3) is 17.1 Å². The van der Waals surface area contributed by atoms with Gasteiger partial charge in [-0.1, -0.05) is 43.7 Å². The normalized spacial score (nSPS) is 14.2. The van der Waals surface area contributed by atoms with Gasteiger partial charge >= 0.3 is 0 Å². The lowest BCUT2D eigenvalue weighted by Gasteiger charge is -2.29. The predicted molar refractivity (Wildman–Crippen MR) is 131 cm³/mol. The summed E-state index contributed by atoms with van der Waals surface area (Å²) in [6.07, 6.45) is 8.69. The second kappa shape index (κ2) is 11.4. The van der Waals surface area contributed by atoms with Crippen molar-refractivity contribution < 1.29 is 14.2 Å². The lowest BCUT2D eigenvalue weighted by Crippen LogP contribution is -2.33. The number of carbonyl (C=O) groups is 1. The van der Waals surface area contributed by atoms with E-state index in [0.717, 1.165) is 28.7 Å². The van der Waals surface area contributed by atoms with Crippen molar-refractivity contribution in [3.8, 4) is 0 Å². The van der Waals surface area contributed by atoms with E-state index in [2.05, 4.69) is 23.3 Å². The van der Waals surface area contributed by atoms with Gasteiger partial charge in [-0.05, 0) is 57.1 Å². The summed E-state index contributed by atoms with van der Waals surface area (Å²) in [6.45, 7) is 9.83. The van der Waals surface area contributed by atoms with Gasteiger partial charge in [0.05, 0.1) is 27.6 Å². The zero-order valence-corrected chi connectivity index (χ0v) is 20.6. The highest BCUT2D eigenvalue weighted by atomic mass is 32.2. The monoisotopic (exact) mass is 458 g/mol. The van der Waals surface area contributed by atoms with Crippen molar-refractivity contribution in [2.75, 3.05) is 26.4 Å². The first-order valence-corrected chi connectivity index (χ1v) is 11.8. The third-order valence-electron chi connectivity index (χ3n) is 4.74. The van der Waals surface area contributed by atoms with Crippen LogP contribution < -0.4 is 5.48 Å². The Hall–Kier alpha value is -2.55. The molecule has 1 heterocycles. The van der Waals surface area contributed by atoms with Crippen LogP contribution in [0.15, 0.2) is 53.2 Å². The summed E-state index contributed by atoms with van der Waals surface area (Å²) in [5, 5.41) is 9.22. The van der Waals surface area contributed by atoms with Gasteiger partial charge in [0.2, 0.25) is 0 Å². The fourth-order valence-corrected chi connectivity index (χ4v) is 4.93.